The molecule has 0 aliphatic carbocycles. The van der Waals surface area contributed by atoms with E-state index in [0.717, 1.165) is 6.42 Å². The van der Waals surface area contributed by atoms with E-state index in [1.54, 1.807) is 11.8 Å². The number of nitrogens with one attached hydrogen (secondary N) is 1. The maximum atomic E-state index is 10.5. The Bertz CT molecular complexity index is 105. The molecule has 1 unspecified atom stereocenters. The van der Waals surface area contributed by atoms with Gasteiger partial charge in [0.25, 0.3) is 0 Å². The molecule has 1 rings (SSSR count). The van der Waals surface area contributed by atoms with E-state index < -0.39 is 0 Å². The minimum Gasteiger partial charge on any atom is -0.344 e. The van der Waals surface area contributed by atoms with Crippen molar-refractivity contribution in [3.05, 3.63) is 0 Å². The topological polar surface area (TPSA) is 29.1 Å². The molecule has 8 heavy (non-hydrogen) atoms. The van der Waals surface area contributed by atoms with Crippen molar-refractivity contribution >= 4 is 17.7 Å². The molecule has 1 saturated heterocycles. The highest BCUT2D eigenvalue weighted by Gasteiger charge is 2.18. The van der Waals surface area contributed by atoms with Crippen LogP contribution in [-0.2, 0) is 4.79 Å². The number of carbonyl (C=O) groups is 1. The lowest BCUT2D eigenvalue weighted by Gasteiger charge is -2.01. The van der Waals surface area contributed by atoms with Gasteiger partial charge in [-0.3, -0.25) is 4.79 Å². The van der Waals surface area contributed by atoms with Gasteiger partial charge in [-0.05, 0) is 6.42 Å². The Kier molecular flexibility index (Phi) is 1.78. The number of carbonyl (C=O) groups excluding carboxylic acids is 1. The van der Waals surface area contributed by atoms with Crippen LogP contribution in [0.5, 0.6) is 0 Å². The van der Waals surface area contributed by atoms with Crippen LogP contribution in [0.2, 0.25) is 0 Å². The summed E-state index contributed by atoms with van der Waals surface area (Å²) in [5.74, 6) is 0.834. The van der Waals surface area contributed by atoms with E-state index in [1.807, 2.05) is 0 Å². The fraction of sp³-hybridized carbons (Fsp3) is 0.800. The summed E-state index contributed by atoms with van der Waals surface area (Å²) in [6.07, 6.45) is 1.04. The summed E-state index contributed by atoms with van der Waals surface area (Å²) in [6.45, 7) is 2.07. The number of hydrogen-bond acceptors (Lipinski definition) is 2. The maximum absolute atomic E-state index is 10.5. The fourth-order valence-corrected chi connectivity index (χ4v) is 1.55. The zero-order valence-electron chi connectivity index (χ0n) is 4.81. The predicted octanol–water partition coefficient (Wildman–Crippen LogP) is 0.585. The van der Waals surface area contributed by atoms with Crippen LogP contribution in [0.15, 0.2) is 0 Å². The van der Waals surface area contributed by atoms with Crippen LogP contribution in [0.3, 0.4) is 0 Å². The number of rotatable bonds is 1. The van der Waals surface area contributed by atoms with Crippen LogP contribution in [0.25, 0.3) is 0 Å². The second kappa shape index (κ2) is 2.40. The predicted molar refractivity (Wildman–Crippen MR) is 34.7 cm³/mol. The van der Waals surface area contributed by atoms with E-state index in [4.69, 9.17) is 0 Å². The quantitative estimate of drug-likeness (QED) is 0.564. The smallest absolute Gasteiger partial charge is 0.230 e. The minimum atomic E-state index is 0.182. The van der Waals surface area contributed by atoms with E-state index in [2.05, 4.69) is 12.2 Å². The third-order valence-electron chi connectivity index (χ3n) is 1.11. The van der Waals surface area contributed by atoms with Crippen LogP contribution in [0, 0.1) is 0 Å². The molecule has 0 bridgehead atoms. The Labute approximate surface area is 53.0 Å². The summed E-state index contributed by atoms with van der Waals surface area (Å²) in [4.78, 5) is 10.5. The molecule has 1 aliphatic rings. The average molecular weight is 131 g/mol. The van der Waals surface area contributed by atoms with Gasteiger partial charge < -0.3 is 5.32 Å². The third kappa shape index (κ3) is 1.15. The third-order valence-corrected chi connectivity index (χ3v) is 2.39. The summed E-state index contributed by atoms with van der Waals surface area (Å²) in [5.41, 5.74) is 0. The van der Waals surface area contributed by atoms with E-state index in [0.29, 0.717) is 11.1 Å². The highest BCUT2D eigenvalue weighted by Crippen LogP contribution is 2.16. The van der Waals surface area contributed by atoms with Gasteiger partial charge in [-0.15, -0.1) is 11.8 Å². The van der Waals surface area contributed by atoms with Gasteiger partial charge in [0.1, 0.15) is 0 Å². The molecular weight excluding hydrogens is 122 g/mol. The number of hydrogen-bond donors (Lipinski definition) is 1. The van der Waals surface area contributed by atoms with Gasteiger partial charge in [0.2, 0.25) is 5.91 Å². The first-order chi connectivity index (χ1) is 3.83. The van der Waals surface area contributed by atoms with Gasteiger partial charge in [-0.25, -0.2) is 0 Å². The average Bonchev–Trinajstić information content (AvgIpc) is 2.14. The first-order valence-electron chi connectivity index (χ1n) is 2.74. The van der Waals surface area contributed by atoms with Gasteiger partial charge in [0, 0.05) is 0 Å². The zero-order chi connectivity index (χ0) is 5.98. The van der Waals surface area contributed by atoms with Crippen LogP contribution in [0.4, 0.5) is 0 Å². The molecule has 1 aliphatic heterocycles. The molecule has 1 N–H and O–H groups in total. The number of thioether (sulfide) groups is 1. The minimum absolute atomic E-state index is 0.182. The second-order valence-corrected chi connectivity index (χ2v) is 2.97. The van der Waals surface area contributed by atoms with Crippen molar-refractivity contribution in [2.75, 3.05) is 5.75 Å². The van der Waals surface area contributed by atoms with Crippen LogP contribution in [0.1, 0.15) is 13.3 Å². The lowest BCUT2D eigenvalue weighted by molar-refractivity contribution is -0.118. The largest absolute Gasteiger partial charge is 0.344 e. The molecule has 0 aromatic rings. The van der Waals surface area contributed by atoms with Crippen molar-refractivity contribution in [1.29, 1.82) is 0 Å². The van der Waals surface area contributed by atoms with Crippen molar-refractivity contribution in [3.8, 4) is 0 Å². The highest BCUT2D eigenvalue weighted by molar-refractivity contribution is 8.01. The second-order valence-electron chi connectivity index (χ2n) is 1.78. The maximum Gasteiger partial charge on any atom is 0.230 e. The van der Waals surface area contributed by atoms with Crippen molar-refractivity contribution in [2.24, 2.45) is 0 Å². The Hall–Kier alpha value is -0.180. The molecule has 1 amide bonds. The Balaban J connectivity index is 2.32. The van der Waals surface area contributed by atoms with Crippen molar-refractivity contribution in [1.82, 2.24) is 5.32 Å². The molecule has 3 heteroatoms. The van der Waals surface area contributed by atoms with E-state index in [1.165, 1.54) is 0 Å². The molecule has 0 spiro atoms. The molecule has 1 atom stereocenters. The molecule has 0 radical (unpaired) electrons. The molecule has 46 valence electrons. The standard InChI is InChI=1S/C5H9NOS/c1-2-5-6-4(7)3-8-5/h5H,2-3H2,1H3,(H,6,7). The normalized spacial score (nSPS) is 28.1. The first kappa shape index (κ1) is 5.95. The lowest BCUT2D eigenvalue weighted by atomic mass is 10.5. The molecule has 0 aromatic heterocycles. The van der Waals surface area contributed by atoms with E-state index >= 15 is 0 Å². The fourth-order valence-electron chi connectivity index (χ4n) is 0.659. The van der Waals surface area contributed by atoms with Gasteiger partial charge in [0.15, 0.2) is 0 Å². The Morgan fingerprint density at radius 2 is 2.75 bits per heavy atom. The van der Waals surface area contributed by atoms with Gasteiger partial charge in [-0.1, -0.05) is 6.92 Å². The van der Waals surface area contributed by atoms with Crippen molar-refractivity contribution in [2.45, 2.75) is 18.7 Å². The van der Waals surface area contributed by atoms with Crippen LogP contribution < -0.4 is 5.32 Å². The highest BCUT2D eigenvalue weighted by atomic mass is 32.2. The lowest BCUT2D eigenvalue weighted by Crippen LogP contribution is -2.23. The SMILES string of the molecule is CCC1NC(=O)CS1. The summed E-state index contributed by atoms with van der Waals surface area (Å²) in [7, 11) is 0. The molecular formula is C5H9NOS. The monoisotopic (exact) mass is 131 g/mol. The van der Waals surface area contributed by atoms with Gasteiger partial charge in [0.05, 0.1) is 11.1 Å². The Morgan fingerprint density at radius 1 is 2.00 bits per heavy atom. The summed E-state index contributed by atoms with van der Waals surface area (Å²) < 4.78 is 0. The summed E-state index contributed by atoms with van der Waals surface area (Å²) in [5, 5.41) is 3.22. The zero-order valence-corrected chi connectivity index (χ0v) is 5.62. The molecule has 1 fully saturated rings. The van der Waals surface area contributed by atoms with Gasteiger partial charge in [-0.2, -0.15) is 0 Å². The van der Waals surface area contributed by atoms with Crippen LogP contribution in [-0.4, -0.2) is 17.0 Å². The number of amides is 1. The summed E-state index contributed by atoms with van der Waals surface area (Å²) >= 11 is 1.69. The van der Waals surface area contributed by atoms with Crippen molar-refractivity contribution < 1.29 is 4.79 Å². The van der Waals surface area contributed by atoms with Crippen molar-refractivity contribution in [3.63, 3.8) is 0 Å². The molecule has 1 heterocycles. The van der Waals surface area contributed by atoms with Gasteiger partial charge >= 0.3 is 0 Å². The molecule has 0 saturated carbocycles. The van der Waals surface area contributed by atoms with Crippen LogP contribution >= 0.6 is 11.8 Å². The molecule has 0 aromatic carbocycles. The Morgan fingerprint density at radius 3 is 3.00 bits per heavy atom. The van der Waals surface area contributed by atoms with E-state index in [9.17, 15) is 4.79 Å². The molecule has 2 nitrogen and oxygen atoms in total. The summed E-state index contributed by atoms with van der Waals surface area (Å²) in [6, 6.07) is 0. The van der Waals surface area contributed by atoms with E-state index in [-0.39, 0.29) is 5.91 Å². The first-order valence-corrected chi connectivity index (χ1v) is 3.78.